The molecule has 0 bridgehead atoms. The van der Waals surface area contributed by atoms with Crippen LogP contribution in [-0.4, -0.2) is 41.0 Å². The summed E-state index contributed by atoms with van der Waals surface area (Å²) in [5.74, 6) is -0.101. The molecule has 0 aliphatic heterocycles. The molecule has 0 atom stereocenters. The predicted octanol–water partition coefficient (Wildman–Crippen LogP) is 2.93. The molecule has 0 unspecified atom stereocenters. The lowest BCUT2D eigenvalue weighted by atomic mass is 10.1. The van der Waals surface area contributed by atoms with Gasteiger partial charge in [-0.2, -0.15) is 0 Å². The van der Waals surface area contributed by atoms with Crippen LogP contribution < -0.4 is 5.32 Å². The summed E-state index contributed by atoms with van der Waals surface area (Å²) in [6, 6.07) is 13.5. The Labute approximate surface area is 141 Å². The zero-order valence-electron chi connectivity index (χ0n) is 14.3. The number of amides is 1. The van der Waals surface area contributed by atoms with E-state index >= 15 is 0 Å². The van der Waals surface area contributed by atoms with Crippen molar-refractivity contribution in [1.29, 1.82) is 0 Å². The third-order valence-corrected chi connectivity index (χ3v) is 4.05. The van der Waals surface area contributed by atoms with Gasteiger partial charge >= 0.3 is 0 Å². The molecule has 0 aliphatic carbocycles. The van der Waals surface area contributed by atoms with Gasteiger partial charge in [-0.15, -0.1) is 0 Å². The first kappa shape index (κ1) is 16.2. The third kappa shape index (κ3) is 3.63. The summed E-state index contributed by atoms with van der Waals surface area (Å²) in [6.07, 6.45) is 2.74. The number of nitrogens with one attached hydrogen (secondary N) is 1. The van der Waals surface area contributed by atoms with Gasteiger partial charge in [0.15, 0.2) is 0 Å². The molecule has 1 amide bonds. The van der Waals surface area contributed by atoms with Gasteiger partial charge in [0, 0.05) is 24.8 Å². The van der Waals surface area contributed by atoms with Gasteiger partial charge in [0.05, 0.1) is 17.4 Å². The number of fused-ring (bicyclic) bond motifs is 1. The van der Waals surface area contributed by atoms with Gasteiger partial charge in [0.25, 0.3) is 5.91 Å². The zero-order valence-corrected chi connectivity index (χ0v) is 14.3. The van der Waals surface area contributed by atoms with Gasteiger partial charge in [-0.3, -0.25) is 4.79 Å². The Kier molecular flexibility index (Phi) is 4.62. The van der Waals surface area contributed by atoms with Crippen LogP contribution in [-0.2, 0) is 13.5 Å². The maximum absolute atomic E-state index is 12.4. The van der Waals surface area contributed by atoms with Crippen molar-refractivity contribution in [2.75, 3.05) is 26.0 Å². The second-order valence-corrected chi connectivity index (χ2v) is 6.26. The van der Waals surface area contributed by atoms with Gasteiger partial charge in [-0.1, -0.05) is 12.1 Å². The van der Waals surface area contributed by atoms with Crippen LogP contribution in [0.4, 0.5) is 5.69 Å². The Morgan fingerprint density at radius 2 is 1.92 bits per heavy atom. The molecular weight excluding hydrogens is 300 g/mol. The lowest BCUT2D eigenvalue weighted by Crippen LogP contribution is -2.15. The van der Waals surface area contributed by atoms with E-state index in [0.717, 1.165) is 29.7 Å². The van der Waals surface area contributed by atoms with Crippen LogP contribution in [0.5, 0.6) is 0 Å². The minimum atomic E-state index is -0.101. The molecule has 1 N–H and O–H groups in total. The van der Waals surface area contributed by atoms with Crippen molar-refractivity contribution >= 4 is 22.6 Å². The summed E-state index contributed by atoms with van der Waals surface area (Å²) in [6.45, 7) is 0.996. The van der Waals surface area contributed by atoms with Crippen molar-refractivity contribution < 1.29 is 4.79 Å². The summed E-state index contributed by atoms with van der Waals surface area (Å²) in [5.41, 5.74) is 4.57. The average molecular weight is 322 g/mol. The Hall–Kier alpha value is -2.66. The molecule has 5 nitrogen and oxygen atoms in total. The van der Waals surface area contributed by atoms with E-state index in [9.17, 15) is 4.79 Å². The first-order valence-electron chi connectivity index (χ1n) is 7.99. The highest BCUT2D eigenvalue weighted by molar-refractivity contribution is 6.05. The van der Waals surface area contributed by atoms with Gasteiger partial charge in [-0.25, -0.2) is 4.98 Å². The third-order valence-electron chi connectivity index (χ3n) is 4.05. The summed E-state index contributed by atoms with van der Waals surface area (Å²) in [5, 5.41) is 2.95. The molecule has 3 aromatic rings. The number of hydrogen-bond donors (Lipinski definition) is 1. The molecule has 0 aliphatic rings. The number of carbonyl (C=O) groups is 1. The topological polar surface area (TPSA) is 50.2 Å². The first-order chi connectivity index (χ1) is 11.5. The van der Waals surface area contributed by atoms with Gasteiger partial charge in [0.1, 0.15) is 0 Å². The Morgan fingerprint density at radius 1 is 1.17 bits per heavy atom. The van der Waals surface area contributed by atoms with E-state index in [0.29, 0.717) is 5.56 Å². The number of likely N-dealkylation sites (N-methyl/N-ethyl adjacent to an activating group) is 1. The molecular formula is C19H22N4O. The highest BCUT2D eigenvalue weighted by atomic mass is 16.1. The maximum atomic E-state index is 12.4. The molecule has 2 aromatic carbocycles. The highest BCUT2D eigenvalue weighted by Crippen LogP contribution is 2.18. The lowest BCUT2D eigenvalue weighted by molar-refractivity contribution is 0.102. The number of benzene rings is 2. The maximum Gasteiger partial charge on any atom is 0.255 e. The van der Waals surface area contributed by atoms with Crippen molar-refractivity contribution in [2.45, 2.75) is 6.42 Å². The quantitative estimate of drug-likeness (QED) is 0.786. The molecule has 5 heteroatoms. The van der Waals surface area contributed by atoms with Gasteiger partial charge in [0.2, 0.25) is 0 Å². The molecule has 1 heterocycles. The summed E-state index contributed by atoms with van der Waals surface area (Å²) >= 11 is 0. The van der Waals surface area contributed by atoms with Crippen LogP contribution in [0.2, 0.25) is 0 Å². The number of carbonyl (C=O) groups excluding carboxylic acids is 1. The highest BCUT2D eigenvalue weighted by Gasteiger charge is 2.08. The zero-order chi connectivity index (χ0) is 17.1. The minimum Gasteiger partial charge on any atom is -0.334 e. The van der Waals surface area contributed by atoms with Gasteiger partial charge in [-0.05, 0) is 56.4 Å². The van der Waals surface area contributed by atoms with Crippen LogP contribution in [0.25, 0.3) is 11.0 Å². The van der Waals surface area contributed by atoms with Crippen molar-refractivity contribution in [3.63, 3.8) is 0 Å². The Morgan fingerprint density at radius 3 is 2.62 bits per heavy atom. The number of aryl methyl sites for hydroxylation is 1. The van der Waals surface area contributed by atoms with Crippen LogP contribution in [0.3, 0.4) is 0 Å². The average Bonchev–Trinajstić information content (AvgIpc) is 2.94. The summed E-state index contributed by atoms with van der Waals surface area (Å²) in [7, 11) is 6.05. The molecule has 0 saturated heterocycles. The molecule has 124 valence electrons. The normalized spacial score (nSPS) is 11.2. The second-order valence-electron chi connectivity index (χ2n) is 6.26. The first-order valence-corrected chi connectivity index (χ1v) is 7.99. The van der Waals surface area contributed by atoms with Crippen molar-refractivity contribution in [3.8, 4) is 0 Å². The number of nitrogens with zero attached hydrogens (tertiary/aromatic N) is 3. The van der Waals surface area contributed by atoms with Crippen LogP contribution in [0.1, 0.15) is 15.9 Å². The Balaban J connectivity index is 1.70. The largest absolute Gasteiger partial charge is 0.334 e. The van der Waals surface area contributed by atoms with Crippen molar-refractivity contribution in [1.82, 2.24) is 14.5 Å². The second kappa shape index (κ2) is 6.84. The molecule has 0 saturated carbocycles. The Bertz CT molecular complexity index is 849. The lowest BCUT2D eigenvalue weighted by Gasteiger charge is -2.10. The molecule has 3 rings (SSSR count). The van der Waals surface area contributed by atoms with E-state index in [1.165, 1.54) is 5.56 Å². The molecule has 1 aromatic heterocycles. The number of hydrogen-bond acceptors (Lipinski definition) is 3. The van der Waals surface area contributed by atoms with Gasteiger partial charge < -0.3 is 14.8 Å². The SMILES string of the molecule is CN(C)CCc1ccc(C(=O)Nc2ccc3ncn(C)c3c2)cc1. The van der Waals surface area contributed by atoms with E-state index in [1.54, 1.807) is 6.33 Å². The molecule has 0 radical (unpaired) electrons. The summed E-state index contributed by atoms with van der Waals surface area (Å²) in [4.78, 5) is 18.8. The predicted molar refractivity (Wildman–Crippen MR) is 97.4 cm³/mol. The minimum absolute atomic E-state index is 0.101. The monoisotopic (exact) mass is 322 g/mol. The standard InChI is InChI=1S/C19H22N4O/c1-22(2)11-10-14-4-6-15(7-5-14)19(24)21-16-8-9-17-18(12-16)23(3)13-20-17/h4-9,12-13H,10-11H2,1-3H3,(H,21,24). The van der Waals surface area contributed by atoms with E-state index in [2.05, 4.69) is 29.3 Å². The van der Waals surface area contributed by atoms with E-state index in [-0.39, 0.29) is 5.91 Å². The van der Waals surface area contributed by atoms with Crippen molar-refractivity contribution in [3.05, 3.63) is 59.9 Å². The van der Waals surface area contributed by atoms with Crippen LogP contribution >= 0.6 is 0 Å². The number of rotatable bonds is 5. The van der Waals surface area contributed by atoms with E-state index < -0.39 is 0 Å². The van der Waals surface area contributed by atoms with E-state index in [1.807, 2.05) is 54.1 Å². The fourth-order valence-electron chi connectivity index (χ4n) is 2.58. The number of aromatic nitrogens is 2. The molecule has 0 fully saturated rings. The summed E-state index contributed by atoms with van der Waals surface area (Å²) < 4.78 is 1.94. The number of imidazole rings is 1. The fourth-order valence-corrected chi connectivity index (χ4v) is 2.58. The fraction of sp³-hybridized carbons (Fsp3) is 0.263. The number of anilines is 1. The molecule has 0 spiro atoms. The smallest absolute Gasteiger partial charge is 0.255 e. The van der Waals surface area contributed by atoms with Crippen molar-refractivity contribution in [2.24, 2.45) is 7.05 Å². The van der Waals surface area contributed by atoms with Crippen LogP contribution in [0.15, 0.2) is 48.8 Å². The van der Waals surface area contributed by atoms with Crippen LogP contribution in [0, 0.1) is 0 Å². The molecule has 24 heavy (non-hydrogen) atoms. The van der Waals surface area contributed by atoms with E-state index in [4.69, 9.17) is 0 Å².